The molecule has 0 amide bonds. The van der Waals surface area contributed by atoms with Gasteiger partial charge in [-0.15, -0.1) is 0 Å². The highest BCUT2D eigenvalue weighted by Gasteiger charge is 2.17. The second-order valence-electron chi connectivity index (χ2n) is 10.8. The molecule has 0 aliphatic rings. The summed E-state index contributed by atoms with van der Waals surface area (Å²) in [5, 5.41) is 0. The van der Waals surface area contributed by atoms with Gasteiger partial charge >= 0.3 is 0 Å². The van der Waals surface area contributed by atoms with Gasteiger partial charge in [-0.25, -0.2) is 15.0 Å². The van der Waals surface area contributed by atoms with Crippen LogP contribution in [-0.4, -0.2) is 15.0 Å². The Labute approximate surface area is 265 Å². The monoisotopic (exact) mass is 598 g/mol. The van der Waals surface area contributed by atoms with Crippen LogP contribution in [0.5, 0.6) is 0 Å². The van der Waals surface area contributed by atoms with Gasteiger partial charge in [0.05, 0.1) is 2.74 Å². The molecule has 0 unspecified atom stereocenters. The van der Waals surface area contributed by atoms with E-state index in [0.717, 1.165) is 56.0 Å². The molecule has 0 bridgehead atoms. The first-order valence-electron chi connectivity index (χ1n) is 15.8. The lowest BCUT2D eigenvalue weighted by molar-refractivity contribution is 0.619. The lowest BCUT2D eigenvalue weighted by atomic mass is 10.1. The predicted octanol–water partition coefficient (Wildman–Crippen LogP) is 10.6. The molecule has 0 fully saturated rings. The highest BCUT2D eigenvalue weighted by atomic mass is 16.4. The van der Waals surface area contributed by atoms with Crippen molar-refractivity contribution in [1.29, 1.82) is 0 Å². The van der Waals surface area contributed by atoms with Gasteiger partial charge < -0.3 is 18.2 Å². The van der Waals surface area contributed by atoms with Crippen LogP contribution in [0.1, 0.15) is 2.74 Å². The first kappa shape index (κ1) is 23.9. The average molecular weight is 599 g/mol. The van der Waals surface area contributed by atoms with Crippen LogP contribution in [0, 0.1) is 0 Å². The summed E-state index contributed by atoms with van der Waals surface area (Å²) in [5.74, 6) is 1.56. The molecule has 0 atom stereocenters. The minimum Gasteiger partial charge on any atom is -0.436 e. The molecule has 7 heteroatoms. The fourth-order valence-corrected chi connectivity index (χ4v) is 5.59. The predicted molar refractivity (Wildman–Crippen MR) is 180 cm³/mol. The zero-order valence-corrected chi connectivity index (χ0v) is 24.2. The number of benzene rings is 6. The first-order valence-corrected chi connectivity index (χ1v) is 14.8. The van der Waals surface area contributed by atoms with E-state index in [4.69, 9.17) is 16.0 Å². The van der Waals surface area contributed by atoms with E-state index in [-0.39, 0.29) is 12.1 Å². The van der Waals surface area contributed by atoms with Crippen molar-refractivity contribution in [1.82, 2.24) is 15.0 Å². The average Bonchev–Trinajstić information content (AvgIpc) is 3.86. The summed E-state index contributed by atoms with van der Waals surface area (Å²) < 4.78 is 33.9. The van der Waals surface area contributed by atoms with Crippen LogP contribution in [-0.2, 0) is 0 Å². The quantitative estimate of drug-likeness (QED) is 0.188. The third kappa shape index (κ3) is 4.58. The summed E-state index contributed by atoms with van der Waals surface area (Å²) >= 11 is 0. The normalized spacial score (nSPS) is 12.1. The van der Waals surface area contributed by atoms with E-state index in [2.05, 4.69) is 19.9 Å². The Bertz CT molecular complexity index is 2370. The van der Waals surface area contributed by atoms with Crippen molar-refractivity contribution in [3.8, 4) is 34.4 Å². The molecule has 0 saturated carbocycles. The third-order valence-corrected chi connectivity index (χ3v) is 7.88. The molecule has 9 rings (SSSR count). The highest BCUT2D eigenvalue weighted by molar-refractivity contribution is 5.82. The molecular formula is C39H24N4O3. The van der Waals surface area contributed by atoms with Crippen LogP contribution >= 0.6 is 0 Å². The molecule has 46 heavy (non-hydrogen) atoms. The summed E-state index contributed by atoms with van der Waals surface area (Å²) in [5.41, 5.74) is 9.48. The molecule has 0 radical (unpaired) electrons. The van der Waals surface area contributed by atoms with Gasteiger partial charge in [0.1, 0.15) is 16.6 Å². The Morgan fingerprint density at radius 1 is 0.391 bits per heavy atom. The molecule has 0 spiro atoms. The minimum absolute atomic E-state index is 0.0976. The van der Waals surface area contributed by atoms with Crippen molar-refractivity contribution in [3.05, 3.63) is 146 Å². The summed E-state index contributed by atoms with van der Waals surface area (Å²) in [6.45, 7) is 0. The number of fused-ring (bicyclic) bond motifs is 3. The van der Waals surface area contributed by atoms with Gasteiger partial charge in [-0.05, 0) is 109 Å². The van der Waals surface area contributed by atoms with Gasteiger partial charge in [-0.3, -0.25) is 0 Å². The van der Waals surface area contributed by atoms with E-state index in [1.807, 2.05) is 121 Å². The summed E-state index contributed by atoms with van der Waals surface area (Å²) in [6, 6.07) is 42.9. The number of hydrogen-bond donors (Lipinski definition) is 0. The van der Waals surface area contributed by atoms with E-state index in [1.165, 1.54) is 6.07 Å². The Kier molecular flexibility index (Phi) is 5.52. The van der Waals surface area contributed by atoms with E-state index >= 15 is 0 Å². The van der Waals surface area contributed by atoms with Gasteiger partial charge in [0.2, 0.25) is 17.7 Å². The van der Waals surface area contributed by atoms with Gasteiger partial charge in [-0.2, -0.15) is 0 Å². The standard InChI is InChI=1S/C39H24N4O3/c1-4-10-34-31(7-1)40-37(44-34)25-13-19-28(20-14-25)43(29-21-15-26(16-22-29)38-41-32-8-2-5-11-35(32)45-38)30-23-17-27(18-24-30)39-42-33-9-3-6-12-36(33)46-39/h1-24H/i1D,4D. The van der Waals surface area contributed by atoms with E-state index < -0.39 is 0 Å². The second-order valence-corrected chi connectivity index (χ2v) is 10.8. The maximum atomic E-state index is 7.94. The van der Waals surface area contributed by atoms with E-state index in [9.17, 15) is 0 Å². The van der Waals surface area contributed by atoms with Crippen LogP contribution in [0.2, 0.25) is 0 Å². The second kappa shape index (κ2) is 10.6. The third-order valence-electron chi connectivity index (χ3n) is 7.88. The zero-order chi connectivity index (χ0) is 32.2. The number of anilines is 3. The van der Waals surface area contributed by atoms with Gasteiger partial charge in [0.25, 0.3) is 0 Å². The number of para-hydroxylation sites is 6. The van der Waals surface area contributed by atoms with Crippen molar-refractivity contribution in [3.63, 3.8) is 0 Å². The van der Waals surface area contributed by atoms with Gasteiger partial charge in [0.15, 0.2) is 16.7 Å². The van der Waals surface area contributed by atoms with Crippen LogP contribution < -0.4 is 4.90 Å². The van der Waals surface area contributed by atoms with Crippen molar-refractivity contribution in [2.45, 2.75) is 0 Å². The topological polar surface area (TPSA) is 81.3 Å². The molecule has 3 heterocycles. The summed E-state index contributed by atoms with van der Waals surface area (Å²) in [7, 11) is 0. The number of hydrogen-bond acceptors (Lipinski definition) is 7. The Balaban J connectivity index is 1.09. The molecule has 0 saturated heterocycles. The fourth-order valence-electron chi connectivity index (χ4n) is 5.59. The Morgan fingerprint density at radius 3 is 1.15 bits per heavy atom. The largest absolute Gasteiger partial charge is 0.436 e. The smallest absolute Gasteiger partial charge is 0.227 e. The molecule has 9 aromatic rings. The molecule has 0 aliphatic carbocycles. The summed E-state index contributed by atoms with van der Waals surface area (Å²) in [6.07, 6.45) is 0. The Hall–Kier alpha value is -6.47. The molecule has 6 aromatic carbocycles. The first-order chi connectivity index (χ1) is 23.6. The maximum Gasteiger partial charge on any atom is 0.227 e. The zero-order valence-electron chi connectivity index (χ0n) is 26.2. The molecule has 7 nitrogen and oxygen atoms in total. The highest BCUT2D eigenvalue weighted by Crippen LogP contribution is 2.38. The number of oxazole rings is 3. The van der Waals surface area contributed by atoms with Crippen molar-refractivity contribution < 1.29 is 16.0 Å². The lowest BCUT2D eigenvalue weighted by Crippen LogP contribution is -2.09. The van der Waals surface area contributed by atoms with Gasteiger partial charge in [0, 0.05) is 33.8 Å². The Morgan fingerprint density at radius 2 is 0.739 bits per heavy atom. The number of nitrogens with zero attached hydrogens (tertiary/aromatic N) is 4. The minimum atomic E-state index is 0.0976. The van der Waals surface area contributed by atoms with Crippen molar-refractivity contribution in [2.75, 3.05) is 4.90 Å². The molecule has 218 valence electrons. The van der Waals surface area contributed by atoms with Crippen LogP contribution in [0.3, 0.4) is 0 Å². The lowest BCUT2D eigenvalue weighted by Gasteiger charge is -2.26. The summed E-state index contributed by atoms with van der Waals surface area (Å²) in [4.78, 5) is 16.0. The van der Waals surface area contributed by atoms with Crippen LogP contribution in [0.4, 0.5) is 17.1 Å². The van der Waals surface area contributed by atoms with E-state index in [0.29, 0.717) is 28.8 Å². The molecule has 0 N–H and O–H groups in total. The SMILES string of the molecule is [2H]c1cc2nc(-c3ccc(N(c4ccc(-c5nc6ccccc6o5)cc4)c4ccc(-c5nc6ccccc6o5)cc4)cc3)oc2cc1[2H]. The molecular weight excluding hydrogens is 572 g/mol. The van der Waals surface area contributed by atoms with Crippen molar-refractivity contribution in [2.24, 2.45) is 0 Å². The number of rotatable bonds is 6. The van der Waals surface area contributed by atoms with Crippen LogP contribution in [0.25, 0.3) is 67.7 Å². The molecule has 3 aromatic heterocycles. The van der Waals surface area contributed by atoms with Gasteiger partial charge in [-0.1, -0.05) is 36.4 Å². The van der Waals surface area contributed by atoms with Crippen molar-refractivity contribution >= 4 is 50.4 Å². The van der Waals surface area contributed by atoms with Crippen LogP contribution in [0.15, 0.2) is 159 Å². The maximum absolute atomic E-state index is 7.94. The van der Waals surface area contributed by atoms with E-state index in [1.54, 1.807) is 6.07 Å². The fraction of sp³-hybridized carbons (Fsp3) is 0. The number of aromatic nitrogens is 3. The molecule has 0 aliphatic heterocycles.